The minimum absolute atomic E-state index is 0.0681. The highest BCUT2D eigenvalue weighted by molar-refractivity contribution is 7.11. The van der Waals surface area contributed by atoms with Crippen LogP contribution in [0.25, 0.3) is 0 Å². The van der Waals surface area contributed by atoms with E-state index in [1.807, 2.05) is 13.8 Å². The molecule has 22 heavy (non-hydrogen) atoms. The maximum Gasteiger partial charge on any atom is 0.221 e. The third kappa shape index (κ3) is 6.89. The summed E-state index contributed by atoms with van der Waals surface area (Å²) in [6, 6.07) is 0. The van der Waals surface area contributed by atoms with E-state index in [4.69, 9.17) is 0 Å². The fraction of sp³-hybridized carbons (Fsp3) is 0.667. The Bertz CT molecular complexity index is 479. The quantitative estimate of drug-likeness (QED) is 0.498. The summed E-state index contributed by atoms with van der Waals surface area (Å²) in [7, 11) is 1.73. The molecule has 0 radical (unpaired) electrons. The van der Waals surface area contributed by atoms with Crippen molar-refractivity contribution in [2.24, 2.45) is 4.99 Å². The van der Waals surface area contributed by atoms with Gasteiger partial charge in [0.05, 0.1) is 10.7 Å². The molecule has 0 fully saturated rings. The molecule has 0 aromatic carbocycles. The van der Waals surface area contributed by atoms with Crippen molar-refractivity contribution in [3.63, 3.8) is 0 Å². The number of carbonyl (C=O) groups is 1. The van der Waals surface area contributed by atoms with Crippen molar-refractivity contribution in [2.75, 3.05) is 26.7 Å². The molecule has 7 heteroatoms. The Morgan fingerprint density at radius 1 is 1.18 bits per heavy atom. The first-order valence-corrected chi connectivity index (χ1v) is 8.52. The minimum Gasteiger partial charge on any atom is -0.356 e. The zero-order valence-electron chi connectivity index (χ0n) is 14.0. The topological polar surface area (TPSA) is 78.4 Å². The molecule has 0 spiro atoms. The van der Waals surface area contributed by atoms with E-state index in [1.165, 1.54) is 4.88 Å². The van der Waals surface area contributed by atoms with Crippen LogP contribution < -0.4 is 16.0 Å². The van der Waals surface area contributed by atoms with Crippen molar-refractivity contribution in [1.82, 2.24) is 20.9 Å². The van der Waals surface area contributed by atoms with Crippen molar-refractivity contribution in [2.45, 2.75) is 40.0 Å². The van der Waals surface area contributed by atoms with Gasteiger partial charge in [-0.1, -0.05) is 6.92 Å². The van der Waals surface area contributed by atoms with E-state index in [1.54, 1.807) is 18.4 Å². The number of aryl methyl sites for hydroxylation is 2. The summed E-state index contributed by atoms with van der Waals surface area (Å²) >= 11 is 1.74. The van der Waals surface area contributed by atoms with E-state index in [2.05, 4.69) is 32.9 Å². The maximum absolute atomic E-state index is 11.5. The van der Waals surface area contributed by atoms with Crippen molar-refractivity contribution in [3.8, 4) is 0 Å². The summed E-state index contributed by atoms with van der Waals surface area (Å²) in [6.45, 7) is 8.24. The molecule has 0 saturated carbocycles. The number of thiazole rings is 1. The second-order valence-electron chi connectivity index (χ2n) is 5.02. The Balaban J connectivity index is 2.21. The number of nitrogens with zero attached hydrogens (tertiary/aromatic N) is 2. The molecule has 124 valence electrons. The SMILES string of the molecule is CCCNC(=O)CCNC(=NC)NCCc1nc(C)c(C)s1. The van der Waals surface area contributed by atoms with Crippen LogP contribution in [0.2, 0.25) is 0 Å². The molecular formula is C15H27N5OS. The lowest BCUT2D eigenvalue weighted by atomic mass is 10.3. The fourth-order valence-electron chi connectivity index (χ4n) is 1.80. The van der Waals surface area contributed by atoms with Crippen LogP contribution in [-0.4, -0.2) is 43.5 Å². The van der Waals surface area contributed by atoms with Crippen LogP contribution >= 0.6 is 11.3 Å². The molecule has 0 atom stereocenters. The lowest BCUT2D eigenvalue weighted by Crippen LogP contribution is -2.40. The molecule has 0 saturated heterocycles. The number of rotatable bonds is 8. The normalized spacial score (nSPS) is 11.4. The first-order valence-electron chi connectivity index (χ1n) is 7.71. The largest absolute Gasteiger partial charge is 0.356 e. The van der Waals surface area contributed by atoms with Crippen LogP contribution in [0, 0.1) is 13.8 Å². The molecule has 6 nitrogen and oxygen atoms in total. The van der Waals surface area contributed by atoms with Gasteiger partial charge < -0.3 is 16.0 Å². The summed E-state index contributed by atoms with van der Waals surface area (Å²) < 4.78 is 0. The third-order valence-electron chi connectivity index (χ3n) is 3.14. The van der Waals surface area contributed by atoms with Gasteiger partial charge in [-0.25, -0.2) is 4.98 Å². The molecule has 1 aromatic rings. The van der Waals surface area contributed by atoms with Crippen LogP contribution in [0.3, 0.4) is 0 Å². The Morgan fingerprint density at radius 2 is 1.91 bits per heavy atom. The number of amides is 1. The summed E-state index contributed by atoms with van der Waals surface area (Å²) in [5.41, 5.74) is 1.11. The molecule has 0 bridgehead atoms. The van der Waals surface area contributed by atoms with Gasteiger partial charge in [0, 0.05) is 44.4 Å². The highest BCUT2D eigenvalue weighted by atomic mass is 32.1. The molecule has 0 aliphatic carbocycles. The maximum atomic E-state index is 11.5. The van der Waals surface area contributed by atoms with E-state index < -0.39 is 0 Å². The van der Waals surface area contributed by atoms with Gasteiger partial charge in [0.2, 0.25) is 5.91 Å². The molecule has 1 aromatic heterocycles. The highest BCUT2D eigenvalue weighted by Gasteiger charge is 2.05. The van der Waals surface area contributed by atoms with E-state index in [0.29, 0.717) is 18.9 Å². The Kier molecular flexibility index (Phi) is 8.50. The average molecular weight is 325 g/mol. The predicted octanol–water partition coefficient (Wildman–Crippen LogP) is 1.38. The second kappa shape index (κ2) is 10.2. The Labute approximate surface area is 136 Å². The molecule has 3 N–H and O–H groups in total. The van der Waals surface area contributed by atoms with Crippen molar-refractivity contribution in [1.29, 1.82) is 0 Å². The average Bonchev–Trinajstić information content (AvgIpc) is 2.82. The molecular weight excluding hydrogens is 298 g/mol. The van der Waals surface area contributed by atoms with Crippen molar-refractivity contribution in [3.05, 3.63) is 15.6 Å². The third-order valence-corrected chi connectivity index (χ3v) is 4.28. The number of aromatic nitrogens is 1. The van der Waals surface area contributed by atoms with Gasteiger partial charge in [0.25, 0.3) is 0 Å². The van der Waals surface area contributed by atoms with Gasteiger partial charge in [-0.05, 0) is 20.3 Å². The standard InChI is InChI=1S/C15H27N5OS/c1-5-8-17-13(21)6-9-18-15(16-4)19-10-7-14-20-11(2)12(3)22-14/h5-10H2,1-4H3,(H,17,21)(H2,16,18,19). The lowest BCUT2D eigenvalue weighted by molar-refractivity contribution is -0.120. The van der Waals surface area contributed by atoms with Crippen LogP contribution in [0.15, 0.2) is 4.99 Å². The predicted molar refractivity (Wildman–Crippen MR) is 92.6 cm³/mol. The van der Waals surface area contributed by atoms with Crippen LogP contribution in [0.5, 0.6) is 0 Å². The zero-order valence-corrected chi connectivity index (χ0v) is 14.8. The van der Waals surface area contributed by atoms with Gasteiger partial charge in [0.15, 0.2) is 5.96 Å². The number of nitrogens with one attached hydrogen (secondary N) is 3. The summed E-state index contributed by atoms with van der Waals surface area (Å²) in [5.74, 6) is 0.784. The summed E-state index contributed by atoms with van der Waals surface area (Å²) in [5, 5.41) is 10.4. The monoisotopic (exact) mass is 325 g/mol. The molecule has 0 unspecified atom stereocenters. The first kappa shape index (κ1) is 18.4. The van der Waals surface area contributed by atoms with Crippen LogP contribution in [-0.2, 0) is 11.2 Å². The van der Waals surface area contributed by atoms with E-state index in [0.717, 1.165) is 36.6 Å². The molecule has 1 amide bonds. The van der Waals surface area contributed by atoms with E-state index >= 15 is 0 Å². The first-order chi connectivity index (χ1) is 10.6. The van der Waals surface area contributed by atoms with Crippen molar-refractivity contribution < 1.29 is 4.79 Å². The van der Waals surface area contributed by atoms with Crippen LogP contribution in [0.4, 0.5) is 0 Å². The molecule has 1 heterocycles. The van der Waals surface area contributed by atoms with Gasteiger partial charge in [-0.3, -0.25) is 9.79 Å². The Morgan fingerprint density at radius 3 is 2.50 bits per heavy atom. The number of hydrogen-bond acceptors (Lipinski definition) is 4. The molecule has 1 rings (SSSR count). The number of aliphatic imine (C=N–C) groups is 1. The summed E-state index contributed by atoms with van der Waals surface area (Å²) in [4.78, 5) is 21.4. The lowest BCUT2D eigenvalue weighted by Gasteiger charge is -2.11. The van der Waals surface area contributed by atoms with E-state index in [9.17, 15) is 4.79 Å². The molecule has 0 aliphatic heterocycles. The molecule has 0 aliphatic rings. The van der Waals surface area contributed by atoms with Gasteiger partial charge in [-0.2, -0.15) is 0 Å². The number of hydrogen-bond donors (Lipinski definition) is 3. The number of guanidine groups is 1. The van der Waals surface area contributed by atoms with E-state index in [-0.39, 0.29) is 5.91 Å². The van der Waals surface area contributed by atoms with Crippen LogP contribution in [0.1, 0.15) is 35.3 Å². The smallest absolute Gasteiger partial charge is 0.221 e. The Hall–Kier alpha value is -1.63. The summed E-state index contributed by atoms with van der Waals surface area (Å²) in [6.07, 6.45) is 2.28. The van der Waals surface area contributed by atoms with Gasteiger partial charge in [-0.15, -0.1) is 11.3 Å². The fourth-order valence-corrected chi connectivity index (χ4v) is 2.74. The minimum atomic E-state index is 0.0681. The second-order valence-corrected chi connectivity index (χ2v) is 6.31. The highest BCUT2D eigenvalue weighted by Crippen LogP contribution is 2.16. The number of carbonyl (C=O) groups excluding carboxylic acids is 1. The van der Waals surface area contributed by atoms with Gasteiger partial charge >= 0.3 is 0 Å². The van der Waals surface area contributed by atoms with Crippen molar-refractivity contribution >= 4 is 23.2 Å². The zero-order chi connectivity index (χ0) is 16.4. The van der Waals surface area contributed by atoms with Gasteiger partial charge in [0.1, 0.15) is 0 Å².